The van der Waals surface area contributed by atoms with Gasteiger partial charge in [0.25, 0.3) is 0 Å². The first-order chi connectivity index (χ1) is 11.0. The highest BCUT2D eigenvalue weighted by Gasteiger charge is 2.20. The lowest BCUT2D eigenvalue weighted by Crippen LogP contribution is -2.22. The molecule has 0 aliphatic heterocycles. The smallest absolute Gasteiger partial charge is 0.240 e. The van der Waals surface area contributed by atoms with Gasteiger partial charge >= 0.3 is 0 Å². The maximum atomic E-state index is 5.21. The Morgan fingerprint density at radius 2 is 1.91 bits per heavy atom. The summed E-state index contributed by atoms with van der Waals surface area (Å²) in [6, 6.07) is 10.5. The van der Waals surface area contributed by atoms with E-state index in [4.69, 9.17) is 9.51 Å². The van der Waals surface area contributed by atoms with E-state index in [1.807, 2.05) is 25.1 Å². The van der Waals surface area contributed by atoms with Gasteiger partial charge in [0.05, 0.1) is 12.2 Å². The molecule has 1 atom stereocenters. The number of aryl methyl sites for hydroxylation is 2. The summed E-state index contributed by atoms with van der Waals surface area (Å²) in [6.45, 7) is 6.70. The molecule has 0 aliphatic carbocycles. The summed E-state index contributed by atoms with van der Waals surface area (Å²) in [5.74, 6) is 1.31. The Labute approximate surface area is 140 Å². The largest absolute Gasteiger partial charge is 0.338 e. The first-order valence-corrected chi connectivity index (χ1v) is 8.38. The van der Waals surface area contributed by atoms with Gasteiger partial charge < -0.3 is 4.52 Å². The highest BCUT2D eigenvalue weighted by Crippen LogP contribution is 2.34. The van der Waals surface area contributed by atoms with Crippen molar-refractivity contribution < 1.29 is 4.52 Å². The van der Waals surface area contributed by atoms with E-state index in [1.54, 1.807) is 11.3 Å². The van der Waals surface area contributed by atoms with Crippen molar-refractivity contribution in [2.45, 2.75) is 33.4 Å². The number of rotatable bonds is 5. The van der Waals surface area contributed by atoms with Crippen LogP contribution in [-0.2, 0) is 6.54 Å². The minimum Gasteiger partial charge on any atom is -0.338 e. The predicted molar refractivity (Wildman–Crippen MR) is 91.2 cm³/mol. The van der Waals surface area contributed by atoms with Gasteiger partial charge in [-0.3, -0.25) is 4.90 Å². The number of hydrogen-bond donors (Lipinski definition) is 0. The molecule has 0 saturated heterocycles. The van der Waals surface area contributed by atoms with E-state index in [2.05, 4.69) is 48.1 Å². The zero-order valence-corrected chi connectivity index (χ0v) is 14.6. The van der Waals surface area contributed by atoms with Gasteiger partial charge in [0.1, 0.15) is 5.01 Å². The normalized spacial score (nSPS) is 12.7. The van der Waals surface area contributed by atoms with Gasteiger partial charge in [0, 0.05) is 16.5 Å². The van der Waals surface area contributed by atoms with E-state index in [9.17, 15) is 0 Å². The maximum Gasteiger partial charge on any atom is 0.240 e. The first kappa shape index (κ1) is 15.8. The quantitative estimate of drug-likeness (QED) is 0.708. The van der Waals surface area contributed by atoms with Crippen LogP contribution in [0.5, 0.6) is 0 Å². The van der Waals surface area contributed by atoms with E-state index >= 15 is 0 Å². The van der Waals surface area contributed by atoms with Crippen molar-refractivity contribution in [3.05, 3.63) is 52.6 Å². The predicted octanol–water partition coefficient (Wildman–Crippen LogP) is 4.00. The lowest BCUT2D eigenvalue weighted by molar-refractivity contribution is 0.218. The second-order valence-electron chi connectivity index (χ2n) is 5.66. The molecule has 120 valence electrons. The second kappa shape index (κ2) is 6.60. The van der Waals surface area contributed by atoms with Crippen LogP contribution in [0.3, 0.4) is 0 Å². The number of aromatic nitrogens is 3. The summed E-state index contributed by atoms with van der Waals surface area (Å²) in [4.78, 5) is 12.5. The van der Waals surface area contributed by atoms with Crippen LogP contribution in [0.25, 0.3) is 10.6 Å². The fraction of sp³-hybridized carbons (Fsp3) is 0.353. The number of hydrogen-bond acceptors (Lipinski definition) is 6. The van der Waals surface area contributed by atoms with Gasteiger partial charge in [0.2, 0.25) is 5.89 Å². The third kappa shape index (κ3) is 3.48. The van der Waals surface area contributed by atoms with Crippen molar-refractivity contribution in [1.29, 1.82) is 0 Å². The van der Waals surface area contributed by atoms with E-state index in [1.165, 1.54) is 4.88 Å². The third-order valence-corrected chi connectivity index (χ3v) is 5.22. The molecule has 0 fully saturated rings. The molecule has 0 unspecified atom stereocenters. The topological polar surface area (TPSA) is 55.1 Å². The monoisotopic (exact) mass is 328 g/mol. The lowest BCUT2D eigenvalue weighted by atomic mass is 10.2. The summed E-state index contributed by atoms with van der Waals surface area (Å²) in [5.41, 5.74) is 2.24. The molecule has 0 N–H and O–H groups in total. The highest BCUT2D eigenvalue weighted by molar-refractivity contribution is 7.15. The Balaban J connectivity index is 1.79. The number of nitrogens with zero attached hydrogens (tertiary/aromatic N) is 4. The Morgan fingerprint density at radius 1 is 1.17 bits per heavy atom. The fourth-order valence-electron chi connectivity index (χ4n) is 2.45. The van der Waals surface area contributed by atoms with Crippen LogP contribution in [0, 0.1) is 13.8 Å². The van der Waals surface area contributed by atoms with Gasteiger partial charge in [-0.05, 0) is 27.8 Å². The van der Waals surface area contributed by atoms with Gasteiger partial charge in [-0.2, -0.15) is 4.98 Å². The molecular formula is C17H20N4OS. The summed E-state index contributed by atoms with van der Waals surface area (Å²) >= 11 is 1.75. The molecule has 2 aromatic heterocycles. The van der Waals surface area contributed by atoms with Gasteiger partial charge in [-0.25, -0.2) is 4.98 Å². The van der Waals surface area contributed by atoms with Crippen molar-refractivity contribution in [3.63, 3.8) is 0 Å². The maximum absolute atomic E-state index is 5.21. The van der Waals surface area contributed by atoms with Gasteiger partial charge in [-0.15, -0.1) is 11.3 Å². The molecule has 3 aromatic rings. The summed E-state index contributed by atoms with van der Waals surface area (Å²) in [5, 5.41) is 4.90. The Morgan fingerprint density at radius 3 is 2.57 bits per heavy atom. The first-order valence-electron chi connectivity index (χ1n) is 7.56. The van der Waals surface area contributed by atoms with Crippen LogP contribution in [0.2, 0.25) is 0 Å². The average molecular weight is 328 g/mol. The summed E-state index contributed by atoms with van der Waals surface area (Å²) < 4.78 is 5.21. The molecule has 5 nitrogen and oxygen atoms in total. The molecule has 23 heavy (non-hydrogen) atoms. The summed E-state index contributed by atoms with van der Waals surface area (Å²) in [6.07, 6.45) is 0. The molecule has 0 bridgehead atoms. The molecule has 0 saturated carbocycles. The van der Waals surface area contributed by atoms with Crippen molar-refractivity contribution in [2.24, 2.45) is 0 Å². The summed E-state index contributed by atoms with van der Waals surface area (Å²) in [7, 11) is 2.06. The number of thiazole rings is 1. The van der Waals surface area contributed by atoms with Gasteiger partial charge in [0.15, 0.2) is 5.82 Å². The second-order valence-corrected chi connectivity index (χ2v) is 6.69. The zero-order valence-electron chi connectivity index (χ0n) is 13.8. The van der Waals surface area contributed by atoms with E-state index < -0.39 is 0 Å². The Kier molecular flexibility index (Phi) is 4.54. The molecule has 3 rings (SSSR count). The Bertz CT molecular complexity index is 781. The van der Waals surface area contributed by atoms with E-state index in [0.717, 1.165) is 16.3 Å². The minimum atomic E-state index is 0.233. The van der Waals surface area contributed by atoms with Gasteiger partial charge in [-0.1, -0.05) is 35.5 Å². The van der Waals surface area contributed by atoms with Crippen LogP contribution in [0.15, 0.2) is 34.9 Å². The van der Waals surface area contributed by atoms with Crippen molar-refractivity contribution in [1.82, 2.24) is 20.0 Å². The molecule has 0 radical (unpaired) electrons. The Hall–Kier alpha value is -2.05. The number of benzene rings is 1. The molecule has 1 aromatic carbocycles. The molecular weight excluding hydrogens is 308 g/mol. The molecule has 6 heteroatoms. The molecule has 0 aliphatic rings. The van der Waals surface area contributed by atoms with Crippen molar-refractivity contribution in [3.8, 4) is 10.6 Å². The molecule has 2 heterocycles. The minimum absolute atomic E-state index is 0.233. The van der Waals surface area contributed by atoms with Crippen LogP contribution < -0.4 is 0 Å². The third-order valence-electron chi connectivity index (χ3n) is 3.85. The molecule has 0 spiro atoms. The van der Waals surface area contributed by atoms with E-state index in [-0.39, 0.29) is 6.04 Å². The van der Waals surface area contributed by atoms with Crippen molar-refractivity contribution >= 4 is 11.3 Å². The highest BCUT2D eigenvalue weighted by atomic mass is 32.1. The van der Waals surface area contributed by atoms with Crippen LogP contribution in [0.1, 0.15) is 35.3 Å². The van der Waals surface area contributed by atoms with E-state index in [0.29, 0.717) is 18.3 Å². The fourth-order valence-corrected chi connectivity index (χ4v) is 3.64. The van der Waals surface area contributed by atoms with Crippen LogP contribution >= 0.6 is 11.3 Å². The SMILES string of the molecule is Cc1noc(CN(C)[C@@H](C)c2sc(-c3ccccc3)nc2C)n1. The molecule has 0 amide bonds. The lowest BCUT2D eigenvalue weighted by Gasteiger charge is -2.22. The average Bonchev–Trinajstić information content (AvgIpc) is 3.13. The standard InChI is InChI=1S/C17H20N4OS/c1-11-16(23-17(18-11)14-8-6-5-7-9-14)12(2)21(4)10-15-19-13(3)20-22-15/h5-9,12H,10H2,1-4H3/t12-/m0/s1. The van der Waals surface area contributed by atoms with Crippen molar-refractivity contribution in [2.75, 3.05) is 7.05 Å². The van der Waals surface area contributed by atoms with Crippen LogP contribution in [0.4, 0.5) is 0 Å². The van der Waals surface area contributed by atoms with Crippen LogP contribution in [-0.4, -0.2) is 27.1 Å². The zero-order chi connectivity index (χ0) is 16.4.